The van der Waals surface area contributed by atoms with Crippen LogP contribution in [0.1, 0.15) is 10.4 Å². The van der Waals surface area contributed by atoms with Crippen LogP contribution in [0.4, 0.5) is 13.2 Å². The lowest BCUT2D eigenvalue weighted by Gasteiger charge is -2.10. The predicted octanol–water partition coefficient (Wildman–Crippen LogP) is 2.20. The van der Waals surface area contributed by atoms with Gasteiger partial charge in [-0.1, -0.05) is 0 Å². The normalized spacial score (nSPS) is 10.3. The highest BCUT2D eigenvalue weighted by atomic mass is 19.1. The van der Waals surface area contributed by atoms with Gasteiger partial charge in [-0.15, -0.1) is 0 Å². The van der Waals surface area contributed by atoms with Crippen LogP contribution in [0.5, 0.6) is 11.5 Å². The van der Waals surface area contributed by atoms with Crippen LogP contribution in [-0.4, -0.2) is 31.7 Å². The molecule has 0 aliphatic carbocycles. The minimum absolute atomic E-state index is 0.00804. The second-order valence-corrected chi connectivity index (χ2v) is 4.91. The van der Waals surface area contributed by atoms with Gasteiger partial charge < -0.3 is 19.9 Å². The molecule has 0 bridgehead atoms. The lowest BCUT2D eigenvalue weighted by atomic mass is 10.2. The van der Waals surface area contributed by atoms with Crippen LogP contribution in [0.2, 0.25) is 0 Å². The number of hydrogen-bond donors (Lipinski definition) is 1. The fraction of sp³-hybridized carbons (Fsp3) is 0.176. The summed E-state index contributed by atoms with van der Waals surface area (Å²) in [5, 5.41) is 0. The number of hydrogen-bond acceptors (Lipinski definition) is 5. The van der Waals surface area contributed by atoms with E-state index in [1.807, 2.05) is 0 Å². The van der Waals surface area contributed by atoms with Crippen LogP contribution < -0.4 is 15.2 Å². The molecule has 0 spiro atoms. The van der Waals surface area contributed by atoms with Crippen LogP contribution >= 0.6 is 0 Å². The zero-order chi connectivity index (χ0) is 19.1. The van der Waals surface area contributed by atoms with E-state index in [9.17, 15) is 22.8 Å². The molecule has 0 radical (unpaired) electrons. The first-order valence-corrected chi connectivity index (χ1v) is 7.33. The van der Waals surface area contributed by atoms with E-state index in [0.717, 1.165) is 12.1 Å². The maximum absolute atomic E-state index is 13.9. The number of halogens is 3. The van der Waals surface area contributed by atoms with E-state index < -0.39 is 47.2 Å². The average Bonchev–Trinajstić information content (AvgIpc) is 2.59. The monoisotopic (exact) mass is 369 g/mol. The maximum atomic E-state index is 13.9. The number of benzene rings is 2. The van der Waals surface area contributed by atoms with Gasteiger partial charge in [0.15, 0.2) is 18.2 Å². The summed E-state index contributed by atoms with van der Waals surface area (Å²) in [5.41, 5.74) is 3.92. The molecule has 0 atom stereocenters. The molecule has 2 aromatic carbocycles. The first-order valence-electron chi connectivity index (χ1n) is 7.33. The minimum atomic E-state index is -1.30. The molecular weight excluding hydrogens is 355 g/mol. The maximum Gasteiger partial charge on any atom is 0.344 e. The molecule has 2 rings (SSSR count). The van der Waals surface area contributed by atoms with E-state index in [0.29, 0.717) is 5.75 Å². The highest BCUT2D eigenvalue weighted by molar-refractivity contribution is 5.93. The van der Waals surface area contributed by atoms with Crippen molar-refractivity contribution in [1.82, 2.24) is 0 Å². The third kappa shape index (κ3) is 5.13. The summed E-state index contributed by atoms with van der Waals surface area (Å²) in [7, 11) is 0. The van der Waals surface area contributed by atoms with E-state index in [4.69, 9.17) is 19.9 Å². The van der Waals surface area contributed by atoms with Crippen LogP contribution in [0.3, 0.4) is 0 Å². The van der Waals surface area contributed by atoms with Crippen LogP contribution in [0.15, 0.2) is 36.4 Å². The van der Waals surface area contributed by atoms with Gasteiger partial charge in [0.1, 0.15) is 36.2 Å². The Hall–Kier alpha value is -3.23. The van der Waals surface area contributed by atoms with Gasteiger partial charge in [-0.2, -0.15) is 0 Å². The van der Waals surface area contributed by atoms with Gasteiger partial charge in [-0.05, 0) is 36.4 Å². The van der Waals surface area contributed by atoms with Crippen molar-refractivity contribution in [1.29, 1.82) is 0 Å². The molecule has 9 heteroatoms. The number of esters is 1. The lowest BCUT2D eigenvalue weighted by Crippen LogP contribution is -2.20. The SMILES string of the molecule is NC(=O)c1c(F)ccc(OCC(=O)OCCOc2ccc(F)cc2)c1F. The summed E-state index contributed by atoms with van der Waals surface area (Å²) < 4.78 is 54.8. The van der Waals surface area contributed by atoms with Gasteiger partial charge in [0, 0.05) is 0 Å². The molecule has 6 nitrogen and oxygen atoms in total. The number of primary amides is 1. The van der Waals surface area contributed by atoms with Gasteiger partial charge in [0.05, 0.1) is 0 Å². The summed E-state index contributed by atoms with van der Waals surface area (Å²) >= 11 is 0. The second kappa shape index (κ2) is 8.75. The lowest BCUT2D eigenvalue weighted by molar-refractivity contribution is -0.146. The van der Waals surface area contributed by atoms with Crippen molar-refractivity contribution in [3.8, 4) is 11.5 Å². The molecular formula is C17H14F3NO5. The molecule has 2 N–H and O–H groups in total. The smallest absolute Gasteiger partial charge is 0.344 e. The van der Waals surface area contributed by atoms with Gasteiger partial charge in [-0.3, -0.25) is 4.79 Å². The van der Waals surface area contributed by atoms with E-state index in [1.54, 1.807) is 0 Å². The molecule has 0 aliphatic heterocycles. The van der Waals surface area contributed by atoms with E-state index in [1.165, 1.54) is 24.3 Å². The van der Waals surface area contributed by atoms with Crippen LogP contribution in [0, 0.1) is 17.5 Å². The molecule has 2 aromatic rings. The molecule has 0 heterocycles. The first-order chi connectivity index (χ1) is 12.4. The van der Waals surface area contributed by atoms with Crippen molar-refractivity contribution in [2.24, 2.45) is 5.73 Å². The molecule has 0 unspecified atom stereocenters. The summed E-state index contributed by atoms with van der Waals surface area (Å²) in [6.07, 6.45) is 0. The number of ether oxygens (including phenoxy) is 3. The van der Waals surface area contributed by atoms with E-state index in [-0.39, 0.29) is 13.2 Å². The van der Waals surface area contributed by atoms with Crippen molar-refractivity contribution in [2.45, 2.75) is 0 Å². The Morgan fingerprint density at radius 2 is 1.62 bits per heavy atom. The Balaban J connectivity index is 1.77. The Morgan fingerprint density at radius 3 is 2.27 bits per heavy atom. The van der Waals surface area contributed by atoms with Gasteiger partial charge in [-0.25, -0.2) is 18.0 Å². The highest BCUT2D eigenvalue weighted by Crippen LogP contribution is 2.23. The van der Waals surface area contributed by atoms with E-state index >= 15 is 0 Å². The molecule has 0 aromatic heterocycles. The van der Waals surface area contributed by atoms with Gasteiger partial charge in [0.2, 0.25) is 0 Å². The second-order valence-electron chi connectivity index (χ2n) is 4.91. The van der Waals surface area contributed by atoms with Gasteiger partial charge >= 0.3 is 5.97 Å². The van der Waals surface area contributed by atoms with Crippen molar-refractivity contribution in [2.75, 3.05) is 19.8 Å². The van der Waals surface area contributed by atoms with Crippen LogP contribution in [0.25, 0.3) is 0 Å². The first kappa shape index (κ1) is 19.1. The molecule has 0 saturated heterocycles. The molecule has 0 saturated carbocycles. The summed E-state index contributed by atoms with van der Waals surface area (Å²) in [5.74, 6) is -5.10. The summed E-state index contributed by atoms with van der Waals surface area (Å²) in [6, 6.07) is 6.96. The zero-order valence-corrected chi connectivity index (χ0v) is 13.3. The molecule has 0 aliphatic rings. The molecule has 138 valence electrons. The number of rotatable bonds is 8. The van der Waals surface area contributed by atoms with Crippen molar-refractivity contribution < 1.29 is 37.0 Å². The number of amides is 1. The Morgan fingerprint density at radius 1 is 0.923 bits per heavy atom. The molecule has 26 heavy (non-hydrogen) atoms. The van der Waals surface area contributed by atoms with Gasteiger partial charge in [0.25, 0.3) is 5.91 Å². The third-order valence-corrected chi connectivity index (χ3v) is 3.08. The molecule has 1 amide bonds. The third-order valence-electron chi connectivity index (χ3n) is 3.08. The Kier molecular flexibility index (Phi) is 6.42. The fourth-order valence-corrected chi connectivity index (χ4v) is 1.89. The number of carbonyl (C=O) groups is 2. The number of nitrogens with two attached hydrogens (primary N) is 1. The minimum Gasteiger partial charge on any atom is -0.490 e. The summed E-state index contributed by atoms with van der Waals surface area (Å²) in [4.78, 5) is 22.5. The Labute approximate surface area is 146 Å². The topological polar surface area (TPSA) is 87.9 Å². The molecule has 0 fully saturated rings. The standard InChI is InChI=1S/C17H14F3NO5/c18-10-1-3-11(4-2-10)24-7-8-25-14(22)9-26-13-6-5-12(19)15(16(13)20)17(21)23/h1-6H,7-9H2,(H2,21,23). The highest BCUT2D eigenvalue weighted by Gasteiger charge is 2.19. The zero-order valence-electron chi connectivity index (χ0n) is 13.3. The predicted molar refractivity (Wildman–Crippen MR) is 83.2 cm³/mol. The average molecular weight is 369 g/mol. The van der Waals surface area contributed by atoms with Crippen molar-refractivity contribution >= 4 is 11.9 Å². The van der Waals surface area contributed by atoms with E-state index in [2.05, 4.69) is 0 Å². The quantitative estimate of drug-likeness (QED) is 0.569. The fourth-order valence-electron chi connectivity index (χ4n) is 1.89. The number of carbonyl (C=O) groups excluding carboxylic acids is 2. The van der Waals surface area contributed by atoms with Crippen molar-refractivity contribution in [3.63, 3.8) is 0 Å². The van der Waals surface area contributed by atoms with Crippen LogP contribution in [-0.2, 0) is 9.53 Å². The largest absolute Gasteiger partial charge is 0.490 e. The van der Waals surface area contributed by atoms with Crippen molar-refractivity contribution in [3.05, 3.63) is 59.4 Å². The Bertz CT molecular complexity index is 796. The summed E-state index contributed by atoms with van der Waals surface area (Å²) in [6.45, 7) is -0.788.